The van der Waals surface area contributed by atoms with E-state index in [0.717, 1.165) is 34.0 Å². The lowest BCUT2D eigenvalue weighted by Crippen LogP contribution is -1.93. The van der Waals surface area contributed by atoms with E-state index in [9.17, 15) is 4.79 Å². The average Bonchev–Trinajstić information content (AvgIpc) is 2.53. The topological polar surface area (TPSA) is 42.9 Å². The van der Waals surface area contributed by atoms with Crippen LogP contribution in [0.5, 0.6) is 0 Å². The summed E-state index contributed by atoms with van der Waals surface area (Å²) in [7, 11) is 0. The molecule has 3 nitrogen and oxygen atoms in total. The lowest BCUT2D eigenvalue weighted by Gasteiger charge is -2.07. The van der Waals surface area contributed by atoms with Crippen molar-refractivity contribution in [2.45, 2.75) is 0 Å². The summed E-state index contributed by atoms with van der Waals surface area (Å²) in [6, 6.07) is 15.6. The molecule has 0 amide bonds. The van der Waals surface area contributed by atoms with E-state index in [1.807, 2.05) is 48.5 Å². The van der Waals surface area contributed by atoms with Gasteiger partial charge in [0.1, 0.15) is 6.29 Å². The van der Waals surface area contributed by atoms with Gasteiger partial charge in [-0.05, 0) is 35.9 Å². The molecule has 2 heterocycles. The lowest BCUT2D eigenvalue weighted by molar-refractivity contribution is -0.104. The van der Waals surface area contributed by atoms with E-state index in [-0.39, 0.29) is 0 Å². The summed E-state index contributed by atoms with van der Waals surface area (Å²) in [5.74, 6) is 0. The average molecular weight is 260 g/mol. The van der Waals surface area contributed by atoms with Crippen LogP contribution in [0.25, 0.3) is 16.5 Å². The molecule has 3 heteroatoms. The predicted molar refractivity (Wildman–Crippen MR) is 79.1 cm³/mol. The van der Waals surface area contributed by atoms with Gasteiger partial charge in [-0.25, -0.2) is 4.98 Å². The van der Waals surface area contributed by atoms with Crippen molar-refractivity contribution in [3.8, 4) is 0 Å². The number of hydrogen-bond donors (Lipinski definition) is 0. The van der Waals surface area contributed by atoms with Gasteiger partial charge in [0.2, 0.25) is 0 Å². The molecule has 1 aromatic carbocycles. The zero-order valence-electron chi connectivity index (χ0n) is 10.7. The second kappa shape index (κ2) is 5.45. The van der Waals surface area contributed by atoms with Gasteiger partial charge in [-0.15, -0.1) is 0 Å². The second-order valence-corrected chi connectivity index (χ2v) is 4.34. The number of carbonyl (C=O) groups excluding carboxylic acids is 1. The quantitative estimate of drug-likeness (QED) is 0.536. The molecule has 0 spiro atoms. The van der Waals surface area contributed by atoms with Crippen molar-refractivity contribution in [1.82, 2.24) is 9.97 Å². The monoisotopic (exact) mass is 260 g/mol. The van der Waals surface area contributed by atoms with E-state index in [1.54, 1.807) is 12.4 Å². The molecule has 0 fully saturated rings. The summed E-state index contributed by atoms with van der Waals surface area (Å²) < 4.78 is 0. The Bertz CT molecular complexity index is 779. The Morgan fingerprint density at radius 1 is 0.950 bits per heavy atom. The molecule has 0 aliphatic rings. The fraction of sp³-hybridized carbons (Fsp3) is 0. The zero-order chi connectivity index (χ0) is 13.8. The molecule has 0 saturated carbocycles. The van der Waals surface area contributed by atoms with E-state index in [1.165, 1.54) is 6.08 Å². The van der Waals surface area contributed by atoms with Gasteiger partial charge in [0, 0.05) is 23.4 Å². The molecule has 0 atom stereocenters. The number of fused-ring (bicyclic) bond motifs is 1. The smallest absolute Gasteiger partial charge is 0.143 e. The number of carbonyl (C=O) groups is 1. The molecule has 0 aliphatic carbocycles. The van der Waals surface area contributed by atoms with Crippen molar-refractivity contribution in [2.75, 3.05) is 0 Å². The maximum atomic E-state index is 10.9. The van der Waals surface area contributed by atoms with Crippen LogP contribution in [-0.4, -0.2) is 16.3 Å². The maximum absolute atomic E-state index is 10.9. The van der Waals surface area contributed by atoms with E-state index in [4.69, 9.17) is 0 Å². The third-order valence-corrected chi connectivity index (χ3v) is 3.10. The van der Waals surface area contributed by atoms with Gasteiger partial charge in [0.15, 0.2) is 0 Å². The number of rotatable bonds is 3. The van der Waals surface area contributed by atoms with E-state index >= 15 is 0 Å². The largest absolute Gasteiger partial charge is 0.299 e. The Hall–Kier alpha value is -2.81. The molecular formula is C17H12N2O. The zero-order valence-corrected chi connectivity index (χ0v) is 10.7. The number of aldehydes is 1. The summed E-state index contributed by atoms with van der Waals surface area (Å²) >= 11 is 0. The van der Waals surface area contributed by atoms with E-state index < -0.39 is 0 Å². The van der Waals surface area contributed by atoms with Crippen molar-refractivity contribution >= 4 is 22.8 Å². The first-order valence-corrected chi connectivity index (χ1v) is 6.30. The van der Waals surface area contributed by atoms with Crippen LogP contribution in [0.2, 0.25) is 0 Å². The number of allylic oxidation sites excluding steroid dienone is 1. The van der Waals surface area contributed by atoms with Crippen molar-refractivity contribution in [3.05, 3.63) is 78.3 Å². The van der Waals surface area contributed by atoms with Gasteiger partial charge < -0.3 is 0 Å². The normalized spacial score (nSPS) is 11.5. The SMILES string of the molecule is O=CC=C(c1ccncc1)c1ccc2ccccc2n1. The van der Waals surface area contributed by atoms with Crippen molar-refractivity contribution in [2.24, 2.45) is 0 Å². The van der Waals surface area contributed by atoms with Crippen molar-refractivity contribution < 1.29 is 4.79 Å². The summed E-state index contributed by atoms with van der Waals surface area (Å²) in [5, 5.41) is 1.08. The van der Waals surface area contributed by atoms with Crippen LogP contribution in [0.3, 0.4) is 0 Å². The van der Waals surface area contributed by atoms with Gasteiger partial charge in [-0.3, -0.25) is 9.78 Å². The minimum Gasteiger partial charge on any atom is -0.299 e. The number of hydrogen-bond acceptors (Lipinski definition) is 3. The third kappa shape index (κ3) is 2.34. The molecule has 0 saturated heterocycles. The summed E-state index contributed by atoms with van der Waals surface area (Å²) in [4.78, 5) is 19.5. The molecule has 0 unspecified atom stereocenters. The van der Waals surface area contributed by atoms with Crippen LogP contribution < -0.4 is 0 Å². The second-order valence-electron chi connectivity index (χ2n) is 4.34. The highest BCUT2D eigenvalue weighted by Crippen LogP contribution is 2.23. The molecule has 0 aliphatic heterocycles. The van der Waals surface area contributed by atoms with Crippen LogP contribution in [0.15, 0.2) is 67.0 Å². The summed E-state index contributed by atoms with van der Waals surface area (Å²) in [6.45, 7) is 0. The predicted octanol–water partition coefficient (Wildman–Crippen LogP) is 3.26. The van der Waals surface area contributed by atoms with Crippen LogP contribution in [-0.2, 0) is 4.79 Å². The molecular weight excluding hydrogens is 248 g/mol. The van der Waals surface area contributed by atoms with Crippen molar-refractivity contribution in [3.63, 3.8) is 0 Å². The fourth-order valence-corrected chi connectivity index (χ4v) is 2.15. The minimum atomic E-state index is 0.780. The lowest BCUT2D eigenvalue weighted by atomic mass is 10.0. The molecule has 20 heavy (non-hydrogen) atoms. The van der Waals surface area contributed by atoms with Gasteiger partial charge in [-0.1, -0.05) is 24.3 Å². The molecule has 3 aromatic rings. The molecule has 2 aromatic heterocycles. The summed E-state index contributed by atoms with van der Waals surface area (Å²) in [5.41, 5.74) is 3.42. The Morgan fingerprint density at radius 2 is 1.75 bits per heavy atom. The molecule has 0 radical (unpaired) electrons. The number of pyridine rings is 2. The Kier molecular flexibility index (Phi) is 3.33. The molecule has 3 rings (SSSR count). The van der Waals surface area contributed by atoms with Gasteiger partial charge in [0.05, 0.1) is 11.2 Å². The fourth-order valence-electron chi connectivity index (χ4n) is 2.15. The number of para-hydroxylation sites is 1. The standard InChI is InChI=1S/C17H12N2O/c20-12-9-15(13-7-10-18-11-8-13)17-6-5-14-3-1-2-4-16(14)19-17/h1-12H. The molecule has 96 valence electrons. The summed E-state index contributed by atoms with van der Waals surface area (Å²) in [6.07, 6.45) is 5.73. The highest BCUT2D eigenvalue weighted by molar-refractivity contribution is 5.90. The van der Waals surface area contributed by atoms with Gasteiger partial charge in [0.25, 0.3) is 0 Å². The minimum absolute atomic E-state index is 0.780. The Labute approximate surface area is 116 Å². The Morgan fingerprint density at radius 3 is 2.55 bits per heavy atom. The Balaban J connectivity index is 2.15. The van der Waals surface area contributed by atoms with Gasteiger partial charge in [-0.2, -0.15) is 0 Å². The number of aromatic nitrogens is 2. The first-order valence-electron chi connectivity index (χ1n) is 6.30. The molecule has 0 bridgehead atoms. The number of nitrogens with zero attached hydrogens (tertiary/aromatic N) is 2. The van der Waals surface area contributed by atoms with Gasteiger partial charge >= 0.3 is 0 Å². The van der Waals surface area contributed by atoms with Crippen LogP contribution >= 0.6 is 0 Å². The van der Waals surface area contributed by atoms with Crippen LogP contribution in [0, 0.1) is 0 Å². The molecule has 0 N–H and O–H groups in total. The number of benzene rings is 1. The van der Waals surface area contributed by atoms with Crippen molar-refractivity contribution in [1.29, 1.82) is 0 Å². The first kappa shape index (κ1) is 12.2. The maximum Gasteiger partial charge on any atom is 0.143 e. The highest BCUT2D eigenvalue weighted by atomic mass is 16.1. The highest BCUT2D eigenvalue weighted by Gasteiger charge is 2.07. The van der Waals surface area contributed by atoms with E-state index in [0.29, 0.717) is 0 Å². The van der Waals surface area contributed by atoms with E-state index in [2.05, 4.69) is 9.97 Å². The van der Waals surface area contributed by atoms with Crippen LogP contribution in [0.1, 0.15) is 11.3 Å². The first-order chi connectivity index (χ1) is 9.88. The van der Waals surface area contributed by atoms with Crippen LogP contribution in [0.4, 0.5) is 0 Å². The third-order valence-electron chi connectivity index (χ3n) is 3.10.